The lowest BCUT2D eigenvalue weighted by Crippen LogP contribution is -1.94. The lowest BCUT2D eigenvalue weighted by molar-refractivity contribution is -0.137. The maximum absolute atomic E-state index is 10.4. The zero-order valence-electron chi connectivity index (χ0n) is 15.0. The Hall–Kier alpha value is -0.830. The van der Waals surface area contributed by atoms with E-state index in [1.165, 1.54) is 64.2 Å². The molecule has 23 heavy (non-hydrogen) atoms. The van der Waals surface area contributed by atoms with Crippen LogP contribution in [0.3, 0.4) is 0 Å². The van der Waals surface area contributed by atoms with Crippen LogP contribution in [0.1, 0.15) is 96.8 Å². The molecule has 0 aromatic heterocycles. The molecule has 0 radical (unpaired) electrons. The number of carboxylic acids is 1. The Morgan fingerprint density at radius 3 is 2.30 bits per heavy atom. The summed E-state index contributed by atoms with van der Waals surface area (Å²) < 4.78 is 5.72. The largest absolute Gasteiger partial charge is 0.481 e. The molecular formula is C20H36O3. The van der Waals surface area contributed by atoms with Gasteiger partial charge in [0.2, 0.25) is 0 Å². The third kappa shape index (κ3) is 12.3. The lowest BCUT2D eigenvalue weighted by Gasteiger charge is -2.00. The Balaban J connectivity index is 1.79. The molecule has 3 heteroatoms. The van der Waals surface area contributed by atoms with E-state index in [2.05, 4.69) is 19.1 Å². The zero-order valence-corrected chi connectivity index (χ0v) is 15.0. The van der Waals surface area contributed by atoms with Crippen LogP contribution in [0.4, 0.5) is 0 Å². The first kappa shape index (κ1) is 20.2. The van der Waals surface area contributed by atoms with Crippen molar-refractivity contribution in [2.75, 3.05) is 0 Å². The second-order valence-electron chi connectivity index (χ2n) is 6.82. The van der Waals surface area contributed by atoms with E-state index in [-0.39, 0.29) is 0 Å². The quantitative estimate of drug-likeness (QED) is 0.219. The molecule has 0 spiro atoms. The molecule has 1 rings (SSSR count). The highest BCUT2D eigenvalue weighted by Gasteiger charge is 2.36. The van der Waals surface area contributed by atoms with Crippen molar-refractivity contribution < 1.29 is 14.6 Å². The van der Waals surface area contributed by atoms with Gasteiger partial charge in [0.1, 0.15) is 0 Å². The first-order valence-electron chi connectivity index (χ1n) is 9.76. The van der Waals surface area contributed by atoms with Gasteiger partial charge in [-0.15, -0.1) is 0 Å². The topological polar surface area (TPSA) is 49.8 Å². The van der Waals surface area contributed by atoms with Gasteiger partial charge in [-0.1, -0.05) is 70.4 Å². The average Bonchev–Trinajstić information content (AvgIpc) is 3.27. The van der Waals surface area contributed by atoms with E-state index in [9.17, 15) is 4.79 Å². The molecular weight excluding hydrogens is 288 g/mol. The molecule has 0 saturated carbocycles. The van der Waals surface area contributed by atoms with Crippen molar-refractivity contribution in [3.05, 3.63) is 12.2 Å². The van der Waals surface area contributed by atoms with Crippen LogP contribution in [0, 0.1) is 0 Å². The van der Waals surface area contributed by atoms with Crippen LogP contribution >= 0.6 is 0 Å². The van der Waals surface area contributed by atoms with E-state index in [0.29, 0.717) is 18.6 Å². The van der Waals surface area contributed by atoms with Crippen LogP contribution in [0.5, 0.6) is 0 Å². The number of carbonyl (C=O) groups is 1. The minimum atomic E-state index is -0.667. The van der Waals surface area contributed by atoms with E-state index in [1.54, 1.807) is 0 Å². The molecule has 1 fully saturated rings. The lowest BCUT2D eigenvalue weighted by atomic mass is 10.0. The van der Waals surface area contributed by atoms with Crippen LogP contribution in [0.2, 0.25) is 0 Å². The van der Waals surface area contributed by atoms with Crippen LogP contribution in [0.25, 0.3) is 0 Å². The van der Waals surface area contributed by atoms with Gasteiger partial charge >= 0.3 is 5.97 Å². The van der Waals surface area contributed by atoms with Crippen LogP contribution in [-0.2, 0) is 9.53 Å². The number of hydrogen-bond donors (Lipinski definition) is 1. The van der Waals surface area contributed by atoms with Gasteiger partial charge in [-0.25, -0.2) is 0 Å². The molecule has 2 atom stereocenters. The molecule has 134 valence electrons. The molecule has 1 heterocycles. The predicted molar refractivity (Wildman–Crippen MR) is 95.7 cm³/mol. The molecule has 1 aliphatic rings. The van der Waals surface area contributed by atoms with Crippen molar-refractivity contribution in [1.82, 2.24) is 0 Å². The first-order chi connectivity index (χ1) is 11.2. The Kier molecular flexibility index (Phi) is 11.9. The van der Waals surface area contributed by atoms with Gasteiger partial charge in [0.25, 0.3) is 0 Å². The summed E-state index contributed by atoms with van der Waals surface area (Å²) in [6, 6.07) is 0. The number of ether oxygens (including phenoxy) is 1. The second kappa shape index (κ2) is 13.6. The number of carboxylic acid groups (broad SMARTS) is 1. The van der Waals surface area contributed by atoms with Crippen molar-refractivity contribution in [1.29, 1.82) is 0 Å². The molecule has 3 nitrogen and oxygen atoms in total. The summed E-state index contributed by atoms with van der Waals surface area (Å²) in [5.41, 5.74) is 0. The van der Waals surface area contributed by atoms with Gasteiger partial charge in [-0.3, -0.25) is 4.79 Å². The highest BCUT2D eigenvalue weighted by molar-refractivity contribution is 5.66. The number of allylic oxidation sites excluding steroid dienone is 1. The van der Waals surface area contributed by atoms with Gasteiger partial charge in [0.15, 0.2) is 0 Å². The molecule has 0 bridgehead atoms. The first-order valence-corrected chi connectivity index (χ1v) is 9.76. The number of rotatable bonds is 16. The van der Waals surface area contributed by atoms with Gasteiger partial charge in [0.05, 0.1) is 12.2 Å². The third-order valence-corrected chi connectivity index (χ3v) is 4.58. The second-order valence-corrected chi connectivity index (χ2v) is 6.82. The van der Waals surface area contributed by atoms with E-state index in [0.717, 1.165) is 19.3 Å². The molecule has 1 aliphatic heterocycles. The SMILES string of the molecule is CCCCC/C=C\C[C@@H]1O[C@@H]1CCCCCCCCCC(=O)O. The summed E-state index contributed by atoms with van der Waals surface area (Å²) in [6.07, 6.45) is 21.6. The number of epoxide rings is 1. The monoisotopic (exact) mass is 324 g/mol. The van der Waals surface area contributed by atoms with Crippen molar-refractivity contribution in [2.24, 2.45) is 0 Å². The Morgan fingerprint density at radius 2 is 1.61 bits per heavy atom. The molecule has 0 unspecified atom stereocenters. The molecule has 0 aromatic rings. The highest BCUT2D eigenvalue weighted by atomic mass is 16.6. The normalized spacial score (nSPS) is 20.2. The summed E-state index contributed by atoms with van der Waals surface area (Å²) in [5.74, 6) is -0.667. The van der Waals surface area contributed by atoms with E-state index in [4.69, 9.17) is 9.84 Å². The van der Waals surface area contributed by atoms with Gasteiger partial charge in [-0.05, 0) is 32.1 Å². The van der Waals surface area contributed by atoms with Crippen molar-refractivity contribution in [2.45, 2.75) is 109 Å². The minimum Gasteiger partial charge on any atom is -0.481 e. The highest BCUT2D eigenvalue weighted by Crippen LogP contribution is 2.30. The maximum Gasteiger partial charge on any atom is 0.303 e. The summed E-state index contributed by atoms with van der Waals surface area (Å²) in [5, 5.41) is 8.55. The van der Waals surface area contributed by atoms with Gasteiger partial charge in [0, 0.05) is 6.42 Å². The summed E-state index contributed by atoms with van der Waals surface area (Å²) in [7, 11) is 0. The van der Waals surface area contributed by atoms with Crippen LogP contribution in [0.15, 0.2) is 12.2 Å². The number of hydrogen-bond acceptors (Lipinski definition) is 2. The van der Waals surface area contributed by atoms with E-state index >= 15 is 0 Å². The molecule has 0 aliphatic carbocycles. The van der Waals surface area contributed by atoms with E-state index in [1.807, 2.05) is 0 Å². The fraction of sp³-hybridized carbons (Fsp3) is 0.850. The van der Waals surface area contributed by atoms with E-state index < -0.39 is 5.97 Å². The minimum absolute atomic E-state index is 0.327. The smallest absolute Gasteiger partial charge is 0.303 e. The molecule has 0 aromatic carbocycles. The summed E-state index contributed by atoms with van der Waals surface area (Å²) in [6.45, 7) is 2.24. The van der Waals surface area contributed by atoms with Crippen LogP contribution in [-0.4, -0.2) is 23.3 Å². The predicted octanol–water partition coefficient (Wildman–Crippen LogP) is 5.88. The Bertz CT molecular complexity index is 325. The zero-order chi connectivity index (χ0) is 16.8. The van der Waals surface area contributed by atoms with Crippen molar-refractivity contribution in [3.63, 3.8) is 0 Å². The fourth-order valence-electron chi connectivity index (χ4n) is 3.01. The molecule has 1 N–H and O–H groups in total. The summed E-state index contributed by atoms with van der Waals surface area (Å²) >= 11 is 0. The number of unbranched alkanes of at least 4 members (excludes halogenated alkanes) is 9. The third-order valence-electron chi connectivity index (χ3n) is 4.58. The fourth-order valence-corrected chi connectivity index (χ4v) is 3.01. The Labute approximate surface area is 142 Å². The number of aliphatic carboxylic acids is 1. The van der Waals surface area contributed by atoms with Gasteiger partial charge in [-0.2, -0.15) is 0 Å². The van der Waals surface area contributed by atoms with Crippen LogP contribution < -0.4 is 0 Å². The molecule has 0 amide bonds. The standard InChI is InChI=1S/C20H36O3/c1-2-3-4-5-9-12-15-18-19(23-18)16-13-10-7-6-8-11-14-17-20(21)22/h9,12,18-19H,2-8,10-11,13-17H2,1H3,(H,21,22)/b12-9-/t18-,19+/m0/s1. The van der Waals surface area contributed by atoms with Crippen molar-refractivity contribution >= 4 is 5.97 Å². The maximum atomic E-state index is 10.4. The Morgan fingerprint density at radius 1 is 0.913 bits per heavy atom. The summed E-state index contributed by atoms with van der Waals surface area (Å²) in [4.78, 5) is 10.4. The average molecular weight is 325 g/mol. The van der Waals surface area contributed by atoms with Gasteiger partial charge < -0.3 is 9.84 Å². The van der Waals surface area contributed by atoms with Crippen molar-refractivity contribution in [3.8, 4) is 0 Å². The molecule has 1 saturated heterocycles.